The van der Waals surface area contributed by atoms with Crippen LogP contribution in [0.4, 0.5) is 9.52 Å². The van der Waals surface area contributed by atoms with Gasteiger partial charge in [0.25, 0.3) is 0 Å². The number of hydrogen-bond acceptors (Lipinski definition) is 4. The highest BCUT2D eigenvalue weighted by molar-refractivity contribution is 7.22. The fourth-order valence-electron chi connectivity index (χ4n) is 1.69. The third-order valence-electron chi connectivity index (χ3n) is 2.87. The Bertz CT molecular complexity index is 609. The van der Waals surface area contributed by atoms with Gasteiger partial charge in [0, 0.05) is 13.6 Å². The maximum Gasteiger partial charge on any atom is 0.227 e. The van der Waals surface area contributed by atoms with E-state index < -0.39 is 5.41 Å². The number of rotatable bonds is 4. The van der Waals surface area contributed by atoms with Crippen LogP contribution >= 0.6 is 11.3 Å². The number of anilines is 1. The fraction of sp³-hybridized carbons (Fsp3) is 0.385. The SMILES string of the molecule is CNC(=O)C(C)(C)CNc1nc2ccc(F)cc2s1. The number of carbonyl (C=O) groups is 1. The minimum absolute atomic E-state index is 0.0350. The lowest BCUT2D eigenvalue weighted by Gasteiger charge is -2.22. The second-order valence-electron chi connectivity index (χ2n) is 4.95. The van der Waals surface area contributed by atoms with Crippen LogP contribution in [0.15, 0.2) is 18.2 Å². The molecule has 0 atom stereocenters. The summed E-state index contributed by atoms with van der Waals surface area (Å²) >= 11 is 1.38. The predicted octanol–water partition coefficient (Wildman–Crippen LogP) is 2.62. The molecule has 0 aliphatic rings. The molecule has 0 saturated carbocycles. The standard InChI is InChI=1S/C13H16FN3OS/c1-13(2,11(18)15-3)7-16-12-17-9-5-4-8(14)6-10(9)19-12/h4-6H,7H2,1-3H3,(H,15,18)(H,16,17). The fourth-order valence-corrected chi connectivity index (χ4v) is 2.58. The molecule has 0 bridgehead atoms. The van der Waals surface area contributed by atoms with Crippen LogP contribution in [0.1, 0.15) is 13.8 Å². The van der Waals surface area contributed by atoms with Gasteiger partial charge in [0.15, 0.2) is 5.13 Å². The van der Waals surface area contributed by atoms with Crippen molar-refractivity contribution < 1.29 is 9.18 Å². The molecule has 1 amide bonds. The van der Waals surface area contributed by atoms with Gasteiger partial charge in [-0.25, -0.2) is 9.37 Å². The molecule has 0 unspecified atom stereocenters. The van der Waals surface area contributed by atoms with E-state index in [1.807, 2.05) is 13.8 Å². The summed E-state index contributed by atoms with van der Waals surface area (Å²) in [6, 6.07) is 4.50. The van der Waals surface area contributed by atoms with Crippen molar-refractivity contribution in [2.24, 2.45) is 5.41 Å². The van der Waals surface area contributed by atoms with Crippen molar-refractivity contribution in [3.8, 4) is 0 Å². The second kappa shape index (κ2) is 5.13. The van der Waals surface area contributed by atoms with Gasteiger partial charge in [-0.3, -0.25) is 4.79 Å². The van der Waals surface area contributed by atoms with E-state index in [1.165, 1.54) is 23.5 Å². The highest BCUT2D eigenvalue weighted by Crippen LogP contribution is 2.27. The number of fused-ring (bicyclic) bond motifs is 1. The van der Waals surface area contributed by atoms with E-state index >= 15 is 0 Å². The van der Waals surface area contributed by atoms with E-state index in [9.17, 15) is 9.18 Å². The first-order valence-electron chi connectivity index (χ1n) is 5.94. The van der Waals surface area contributed by atoms with Crippen LogP contribution in [0.5, 0.6) is 0 Å². The van der Waals surface area contributed by atoms with Crippen LogP contribution in [0, 0.1) is 11.2 Å². The number of halogens is 1. The minimum atomic E-state index is -0.530. The summed E-state index contributed by atoms with van der Waals surface area (Å²) in [5, 5.41) is 6.46. The molecule has 2 aromatic rings. The van der Waals surface area contributed by atoms with E-state index in [1.54, 1.807) is 13.1 Å². The summed E-state index contributed by atoms with van der Waals surface area (Å²) in [5.74, 6) is -0.305. The van der Waals surface area contributed by atoms with Crippen molar-refractivity contribution in [3.63, 3.8) is 0 Å². The Labute approximate surface area is 115 Å². The number of benzene rings is 1. The van der Waals surface area contributed by atoms with Gasteiger partial charge in [-0.2, -0.15) is 0 Å². The van der Waals surface area contributed by atoms with Crippen LogP contribution in [0.2, 0.25) is 0 Å². The summed E-state index contributed by atoms with van der Waals surface area (Å²) in [5.41, 5.74) is 0.226. The molecule has 2 N–H and O–H groups in total. The van der Waals surface area contributed by atoms with E-state index in [4.69, 9.17) is 0 Å². The lowest BCUT2D eigenvalue weighted by atomic mass is 9.92. The second-order valence-corrected chi connectivity index (χ2v) is 5.98. The molecule has 1 aromatic carbocycles. The van der Waals surface area contributed by atoms with Gasteiger partial charge in [0.05, 0.1) is 15.6 Å². The minimum Gasteiger partial charge on any atom is -0.360 e. The predicted molar refractivity (Wildman–Crippen MR) is 75.9 cm³/mol. The Kier molecular flexibility index (Phi) is 3.71. The molecule has 1 heterocycles. The maximum absolute atomic E-state index is 13.1. The molecule has 0 radical (unpaired) electrons. The third-order valence-corrected chi connectivity index (χ3v) is 3.85. The summed E-state index contributed by atoms with van der Waals surface area (Å²) in [7, 11) is 1.62. The molecule has 6 heteroatoms. The normalized spacial score (nSPS) is 11.6. The quantitative estimate of drug-likeness (QED) is 0.905. The molecule has 1 aromatic heterocycles. The highest BCUT2D eigenvalue weighted by Gasteiger charge is 2.26. The van der Waals surface area contributed by atoms with Gasteiger partial charge >= 0.3 is 0 Å². The Balaban J connectivity index is 2.12. The molecule has 0 aliphatic heterocycles. The van der Waals surface area contributed by atoms with Crippen molar-refractivity contribution >= 4 is 32.6 Å². The molecule has 19 heavy (non-hydrogen) atoms. The van der Waals surface area contributed by atoms with Crippen LogP contribution in [-0.4, -0.2) is 24.5 Å². The number of thiazole rings is 1. The molecule has 0 aliphatic carbocycles. The van der Waals surface area contributed by atoms with Crippen molar-refractivity contribution in [1.82, 2.24) is 10.3 Å². The van der Waals surface area contributed by atoms with Crippen molar-refractivity contribution in [2.75, 3.05) is 18.9 Å². The summed E-state index contributed by atoms with van der Waals surface area (Å²) in [4.78, 5) is 16.0. The zero-order valence-electron chi connectivity index (χ0n) is 11.1. The molecule has 4 nitrogen and oxygen atoms in total. The number of carbonyl (C=O) groups excluding carboxylic acids is 1. The largest absolute Gasteiger partial charge is 0.360 e. The van der Waals surface area contributed by atoms with Crippen LogP contribution in [0.3, 0.4) is 0 Å². The number of amides is 1. The Morgan fingerprint density at radius 3 is 2.89 bits per heavy atom. The molecular weight excluding hydrogens is 265 g/mol. The summed E-state index contributed by atoms with van der Waals surface area (Å²) in [6.07, 6.45) is 0. The number of aromatic nitrogens is 1. The van der Waals surface area contributed by atoms with Crippen LogP contribution in [0.25, 0.3) is 10.2 Å². The zero-order chi connectivity index (χ0) is 14.0. The first kappa shape index (κ1) is 13.7. The van der Waals surface area contributed by atoms with Gasteiger partial charge < -0.3 is 10.6 Å². The van der Waals surface area contributed by atoms with Gasteiger partial charge in [0.2, 0.25) is 5.91 Å². The van der Waals surface area contributed by atoms with Gasteiger partial charge in [0.1, 0.15) is 5.82 Å². The van der Waals surface area contributed by atoms with E-state index in [-0.39, 0.29) is 11.7 Å². The zero-order valence-corrected chi connectivity index (χ0v) is 11.9. The molecular formula is C13H16FN3OS. The summed E-state index contributed by atoms with van der Waals surface area (Å²) < 4.78 is 13.9. The topological polar surface area (TPSA) is 54.0 Å². The molecule has 2 rings (SSSR count). The van der Waals surface area contributed by atoms with Crippen molar-refractivity contribution in [2.45, 2.75) is 13.8 Å². The highest BCUT2D eigenvalue weighted by atomic mass is 32.1. The smallest absolute Gasteiger partial charge is 0.227 e. The molecule has 0 spiro atoms. The maximum atomic E-state index is 13.1. The van der Waals surface area contributed by atoms with E-state index in [0.29, 0.717) is 11.7 Å². The Hall–Kier alpha value is -1.69. The average Bonchev–Trinajstić information content (AvgIpc) is 2.77. The Morgan fingerprint density at radius 1 is 1.47 bits per heavy atom. The third kappa shape index (κ3) is 3.01. The first-order chi connectivity index (χ1) is 8.92. The van der Waals surface area contributed by atoms with E-state index in [2.05, 4.69) is 15.6 Å². The summed E-state index contributed by atoms with van der Waals surface area (Å²) in [6.45, 7) is 4.17. The van der Waals surface area contributed by atoms with Crippen LogP contribution < -0.4 is 10.6 Å². The van der Waals surface area contributed by atoms with Crippen molar-refractivity contribution in [1.29, 1.82) is 0 Å². The molecule has 0 saturated heterocycles. The van der Waals surface area contributed by atoms with Gasteiger partial charge in [-0.1, -0.05) is 11.3 Å². The lowest BCUT2D eigenvalue weighted by Crippen LogP contribution is -2.39. The molecule has 102 valence electrons. The average molecular weight is 281 g/mol. The van der Waals surface area contributed by atoms with Gasteiger partial charge in [-0.15, -0.1) is 0 Å². The van der Waals surface area contributed by atoms with Gasteiger partial charge in [-0.05, 0) is 32.0 Å². The number of nitrogens with zero attached hydrogens (tertiary/aromatic N) is 1. The first-order valence-corrected chi connectivity index (χ1v) is 6.76. The van der Waals surface area contributed by atoms with Crippen LogP contribution in [-0.2, 0) is 4.79 Å². The number of nitrogens with one attached hydrogen (secondary N) is 2. The molecule has 0 fully saturated rings. The van der Waals surface area contributed by atoms with E-state index in [0.717, 1.165) is 10.2 Å². The lowest BCUT2D eigenvalue weighted by molar-refractivity contribution is -0.128. The monoisotopic (exact) mass is 281 g/mol. The number of hydrogen-bond donors (Lipinski definition) is 2. The Morgan fingerprint density at radius 2 is 2.21 bits per heavy atom. The van der Waals surface area contributed by atoms with Crippen molar-refractivity contribution in [3.05, 3.63) is 24.0 Å².